The van der Waals surface area contributed by atoms with Gasteiger partial charge in [0, 0.05) is 29.6 Å². The maximum absolute atomic E-state index is 5.95. The van der Waals surface area contributed by atoms with Crippen molar-refractivity contribution in [1.29, 1.82) is 0 Å². The van der Waals surface area contributed by atoms with E-state index in [0.717, 1.165) is 28.9 Å². The minimum atomic E-state index is 0.415. The number of nitrogens with zero attached hydrogens (tertiary/aromatic N) is 2. The minimum Gasteiger partial charge on any atom is -0.477 e. The van der Waals surface area contributed by atoms with E-state index < -0.39 is 0 Å². The van der Waals surface area contributed by atoms with Crippen LogP contribution in [-0.2, 0) is 12.3 Å². The maximum atomic E-state index is 5.95. The number of pyridine rings is 2. The van der Waals surface area contributed by atoms with Crippen LogP contribution in [0.25, 0.3) is 0 Å². The van der Waals surface area contributed by atoms with Gasteiger partial charge in [-0.05, 0) is 37.6 Å². The van der Waals surface area contributed by atoms with Gasteiger partial charge in [0.05, 0.1) is 12.5 Å². The molecule has 0 atom stereocenters. The Bertz CT molecular complexity index is 543. The number of aryl methyl sites for hydroxylation is 2. The maximum Gasteiger partial charge on any atom is 0.218 e. The van der Waals surface area contributed by atoms with Crippen molar-refractivity contribution in [2.24, 2.45) is 0 Å². The summed E-state index contributed by atoms with van der Waals surface area (Å²) >= 11 is 5.95. The molecule has 0 saturated carbocycles. The van der Waals surface area contributed by atoms with Crippen molar-refractivity contribution in [3.63, 3.8) is 0 Å². The number of aromatic nitrogens is 2. The molecule has 0 aromatic carbocycles. The zero-order chi connectivity index (χ0) is 13.7. The summed E-state index contributed by atoms with van der Waals surface area (Å²) in [7, 11) is 0. The van der Waals surface area contributed by atoms with Gasteiger partial charge < -0.3 is 4.74 Å². The van der Waals surface area contributed by atoms with Crippen LogP contribution in [0.15, 0.2) is 30.5 Å². The number of alkyl halides is 1. The second kappa shape index (κ2) is 6.53. The number of ether oxygens (including phenoxy) is 1. The second-order valence-corrected chi connectivity index (χ2v) is 4.68. The van der Waals surface area contributed by atoms with E-state index in [1.54, 1.807) is 6.20 Å². The van der Waals surface area contributed by atoms with Crippen molar-refractivity contribution >= 4 is 11.6 Å². The van der Waals surface area contributed by atoms with Gasteiger partial charge in [-0.25, -0.2) is 4.98 Å². The highest BCUT2D eigenvalue weighted by Crippen LogP contribution is 2.22. The topological polar surface area (TPSA) is 35.0 Å². The monoisotopic (exact) mass is 276 g/mol. The van der Waals surface area contributed by atoms with Crippen LogP contribution in [0.2, 0.25) is 0 Å². The van der Waals surface area contributed by atoms with Crippen molar-refractivity contribution in [3.05, 3.63) is 53.0 Å². The van der Waals surface area contributed by atoms with E-state index in [-0.39, 0.29) is 0 Å². The van der Waals surface area contributed by atoms with Crippen molar-refractivity contribution in [1.82, 2.24) is 9.97 Å². The van der Waals surface area contributed by atoms with Crippen molar-refractivity contribution in [2.75, 3.05) is 6.61 Å². The van der Waals surface area contributed by atoms with Crippen LogP contribution in [0, 0.1) is 13.8 Å². The van der Waals surface area contributed by atoms with E-state index in [1.807, 2.05) is 38.1 Å². The molecule has 0 radical (unpaired) electrons. The van der Waals surface area contributed by atoms with Gasteiger partial charge in [-0.15, -0.1) is 11.6 Å². The third kappa shape index (κ3) is 3.67. The molecule has 2 heterocycles. The molecule has 0 N–H and O–H groups in total. The van der Waals surface area contributed by atoms with Gasteiger partial charge in [-0.3, -0.25) is 4.98 Å². The Balaban J connectivity index is 2.03. The van der Waals surface area contributed by atoms with Gasteiger partial charge in [0.15, 0.2) is 0 Å². The number of halogens is 1. The summed E-state index contributed by atoms with van der Waals surface area (Å²) in [5, 5.41) is 0. The summed E-state index contributed by atoms with van der Waals surface area (Å²) in [5.74, 6) is 1.06. The standard InChI is InChI=1S/C15H17ClN2O/c1-11-9-12(2)18-15(14(11)10-16)19-8-6-13-5-3-4-7-17-13/h3-5,7,9H,6,8,10H2,1-2H3. The Labute approximate surface area is 118 Å². The molecule has 3 nitrogen and oxygen atoms in total. The van der Waals surface area contributed by atoms with Gasteiger partial charge in [0.25, 0.3) is 0 Å². The molecule has 0 bridgehead atoms. The first-order valence-corrected chi connectivity index (χ1v) is 6.80. The van der Waals surface area contributed by atoms with Gasteiger partial charge in [0.1, 0.15) is 0 Å². The smallest absolute Gasteiger partial charge is 0.218 e. The summed E-state index contributed by atoms with van der Waals surface area (Å²) in [5.41, 5.74) is 4.04. The van der Waals surface area contributed by atoms with Crippen LogP contribution in [0.4, 0.5) is 0 Å². The number of hydrogen-bond acceptors (Lipinski definition) is 3. The summed E-state index contributed by atoms with van der Waals surface area (Å²) in [6, 6.07) is 7.88. The van der Waals surface area contributed by atoms with Crippen LogP contribution in [0.3, 0.4) is 0 Å². The van der Waals surface area contributed by atoms with Gasteiger partial charge in [-0.1, -0.05) is 6.07 Å². The van der Waals surface area contributed by atoms with Crippen molar-refractivity contribution in [2.45, 2.75) is 26.1 Å². The Morgan fingerprint density at radius 3 is 2.79 bits per heavy atom. The molecule has 4 heteroatoms. The van der Waals surface area contributed by atoms with E-state index in [9.17, 15) is 0 Å². The molecule has 0 spiro atoms. The summed E-state index contributed by atoms with van der Waals surface area (Å²) < 4.78 is 5.76. The first-order valence-electron chi connectivity index (χ1n) is 6.26. The number of hydrogen-bond donors (Lipinski definition) is 0. The lowest BCUT2D eigenvalue weighted by atomic mass is 10.1. The largest absolute Gasteiger partial charge is 0.477 e. The van der Waals surface area contributed by atoms with Gasteiger partial charge in [-0.2, -0.15) is 0 Å². The molecule has 0 aliphatic heterocycles. The van der Waals surface area contributed by atoms with Crippen LogP contribution in [0.5, 0.6) is 5.88 Å². The van der Waals surface area contributed by atoms with Gasteiger partial charge >= 0.3 is 0 Å². The Kier molecular flexibility index (Phi) is 4.74. The van der Waals surface area contributed by atoms with Crippen molar-refractivity contribution in [3.8, 4) is 5.88 Å². The molecule has 0 fully saturated rings. The SMILES string of the molecule is Cc1cc(C)c(CCl)c(OCCc2ccccn2)n1. The van der Waals surface area contributed by atoms with Crippen LogP contribution in [-0.4, -0.2) is 16.6 Å². The zero-order valence-corrected chi connectivity index (χ0v) is 11.9. The first-order chi connectivity index (χ1) is 9.20. The molecular formula is C15H17ClN2O. The highest BCUT2D eigenvalue weighted by molar-refractivity contribution is 6.17. The molecule has 19 heavy (non-hydrogen) atoms. The molecule has 2 rings (SSSR count). The van der Waals surface area contributed by atoms with E-state index in [1.165, 1.54) is 0 Å². The lowest BCUT2D eigenvalue weighted by Crippen LogP contribution is -2.07. The summed E-state index contributed by atoms with van der Waals surface area (Å²) in [6.45, 7) is 4.53. The third-order valence-electron chi connectivity index (χ3n) is 2.89. The van der Waals surface area contributed by atoms with Gasteiger partial charge in [0.2, 0.25) is 5.88 Å². The van der Waals surface area contributed by atoms with E-state index >= 15 is 0 Å². The zero-order valence-electron chi connectivity index (χ0n) is 11.2. The van der Waals surface area contributed by atoms with E-state index in [4.69, 9.17) is 16.3 Å². The molecular weight excluding hydrogens is 260 g/mol. The van der Waals surface area contributed by atoms with Crippen LogP contribution >= 0.6 is 11.6 Å². The molecule has 0 aliphatic carbocycles. The molecule has 2 aromatic heterocycles. The fourth-order valence-electron chi connectivity index (χ4n) is 1.91. The quantitative estimate of drug-likeness (QED) is 0.785. The van der Waals surface area contributed by atoms with Crippen molar-refractivity contribution < 1.29 is 4.74 Å². The normalized spacial score (nSPS) is 10.5. The first kappa shape index (κ1) is 13.8. The molecule has 2 aromatic rings. The Morgan fingerprint density at radius 2 is 2.11 bits per heavy atom. The lowest BCUT2D eigenvalue weighted by molar-refractivity contribution is 0.304. The second-order valence-electron chi connectivity index (χ2n) is 4.42. The highest BCUT2D eigenvalue weighted by Gasteiger charge is 2.09. The molecule has 100 valence electrons. The molecule has 0 aliphatic rings. The Hall–Kier alpha value is -1.61. The lowest BCUT2D eigenvalue weighted by Gasteiger charge is -2.12. The average Bonchev–Trinajstić information content (AvgIpc) is 2.39. The number of rotatable bonds is 5. The third-order valence-corrected chi connectivity index (χ3v) is 3.16. The predicted octanol–water partition coefficient (Wildman–Crippen LogP) is 3.45. The fourth-order valence-corrected chi connectivity index (χ4v) is 2.23. The summed E-state index contributed by atoms with van der Waals surface area (Å²) in [6.07, 6.45) is 2.55. The molecule has 0 unspecified atom stereocenters. The Morgan fingerprint density at radius 1 is 1.26 bits per heavy atom. The minimum absolute atomic E-state index is 0.415. The van der Waals surface area contributed by atoms with Crippen LogP contribution in [0.1, 0.15) is 22.5 Å². The van der Waals surface area contributed by atoms with E-state index in [0.29, 0.717) is 18.4 Å². The molecule has 0 saturated heterocycles. The van der Waals surface area contributed by atoms with E-state index in [2.05, 4.69) is 9.97 Å². The molecule has 0 amide bonds. The summed E-state index contributed by atoms with van der Waals surface area (Å²) in [4.78, 5) is 8.67. The van der Waals surface area contributed by atoms with Crippen LogP contribution < -0.4 is 4.74 Å². The highest BCUT2D eigenvalue weighted by atomic mass is 35.5. The predicted molar refractivity (Wildman–Crippen MR) is 76.7 cm³/mol. The average molecular weight is 277 g/mol. The fraction of sp³-hybridized carbons (Fsp3) is 0.333.